The molecule has 0 radical (unpaired) electrons. The van der Waals surface area contributed by atoms with Gasteiger partial charge >= 0.3 is 23.9 Å². The Bertz CT molecular complexity index is 407. The average Bonchev–Trinajstić information content (AvgIpc) is 2.25. The van der Waals surface area contributed by atoms with Gasteiger partial charge in [-0.3, -0.25) is 19.2 Å². The van der Waals surface area contributed by atoms with E-state index in [4.69, 9.17) is 20.4 Å². The van der Waals surface area contributed by atoms with Gasteiger partial charge in [-0.2, -0.15) is 0 Å². The van der Waals surface area contributed by atoms with Gasteiger partial charge in [0.25, 0.3) is 5.78 Å². The van der Waals surface area contributed by atoms with Gasteiger partial charge in [-0.1, -0.05) is 0 Å². The van der Waals surface area contributed by atoms with E-state index < -0.39 is 54.7 Å². The highest BCUT2D eigenvalue weighted by atomic mass is 16.4. The van der Waals surface area contributed by atoms with Gasteiger partial charge in [0, 0.05) is 6.42 Å². The summed E-state index contributed by atoms with van der Waals surface area (Å²) in [6.07, 6.45) is -1.81. The Morgan fingerprint density at radius 3 is 1.21 bits per heavy atom. The molecule has 0 spiro atoms. The predicted molar refractivity (Wildman–Crippen MR) is 54.4 cm³/mol. The number of carboxylic acids is 4. The zero-order chi connectivity index (χ0) is 15.6. The normalized spacial score (nSPS) is 8.63. The average molecular weight is 278 g/mol. The summed E-state index contributed by atoms with van der Waals surface area (Å²) in [4.78, 5) is 59.0. The summed E-state index contributed by atoms with van der Waals surface area (Å²) >= 11 is 0. The van der Waals surface area contributed by atoms with Gasteiger partial charge in [-0.25, -0.2) is 9.59 Å². The van der Waals surface area contributed by atoms with Crippen molar-refractivity contribution in [3.8, 4) is 0 Å². The minimum absolute atomic E-state index is 0.425. The first-order valence-electron chi connectivity index (χ1n) is 4.53. The number of ketones is 2. The fraction of sp³-hybridized carbons (Fsp3) is 0.333. The maximum absolute atomic E-state index is 10.2. The van der Waals surface area contributed by atoms with E-state index in [0.717, 1.165) is 0 Å². The molecule has 4 N–H and O–H groups in total. The molecule has 106 valence electrons. The van der Waals surface area contributed by atoms with Crippen molar-refractivity contribution in [3.63, 3.8) is 0 Å². The maximum Gasteiger partial charge on any atom is 0.372 e. The molecule has 0 rings (SSSR count). The molecule has 0 saturated heterocycles. The van der Waals surface area contributed by atoms with E-state index in [9.17, 15) is 28.8 Å². The lowest BCUT2D eigenvalue weighted by Crippen LogP contribution is -2.16. The fourth-order valence-electron chi connectivity index (χ4n) is 0.540. The SMILES string of the molecule is O=C(O)CC(=O)C(=O)O.O=C(O)CCC(=O)C(=O)O. The van der Waals surface area contributed by atoms with E-state index in [-0.39, 0.29) is 0 Å². The van der Waals surface area contributed by atoms with Crippen LogP contribution < -0.4 is 0 Å². The second-order valence-electron chi connectivity index (χ2n) is 2.92. The Kier molecular flexibility index (Phi) is 9.07. The van der Waals surface area contributed by atoms with Gasteiger partial charge in [-0.15, -0.1) is 0 Å². The van der Waals surface area contributed by atoms with Crippen LogP contribution in [0.15, 0.2) is 0 Å². The van der Waals surface area contributed by atoms with Crippen LogP contribution in [0.3, 0.4) is 0 Å². The molecule has 0 bridgehead atoms. The van der Waals surface area contributed by atoms with E-state index >= 15 is 0 Å². The van der Waals surface area contributed by atoms with Gasteiger partial charge in [0.2, 0.25) is 5.78 Å². The summed E-state index contributed by atoms with van der Waals surface area (Å²) in [5, 5.41) is 31.6. The van der Waals surface area contributed by atoms with Crippen LogP contribution in [0.4, 0.5) is 0 Å². The quantitative estimate of drug-likeness (QED) is 0.319. The van der Waals surface area contributed by atoms with Crippen LogP contribution in [0.5, 0.6) is 0 Å². The minimum atomic E-state index is -1.71. The number of rotatable bonds is 7. The zero-order valence-corrected chi connectivity index (χ0v) is 9.36. The van der Waals surface area contributed by atoms with Crippen LogP contribution in [0.1, 0.15) is 19.3 Å². The molecule has 0 aromatic heterocycles. The highest BCUT2D eigenvalue weighted by Gasteiger charge is 2.14. The molecule has 10 nitrogen and oxygen atoms in total. The fourth-order valence-corrected chi connectivity index (χ4v) is 0.540. The second kappa shape index (κ2) is 9.27. The third-order valence-corrected chi connectivity index (χ3v) is 1.35. The lowest BCUT2D eigenvalue weighted by atomic mass is 10.2. The van der Waals surface area contributed by atoms with Crippen molar-refractivity contribution in [2.45, 2.75) is 19.3 Å². The number of carboxylic acid groups (broad SMARTS) is 4. The first-order valence-corrected chi connectivity index (χ1v) is 4.53. The van der Waals surface area contributed by atoms with Crippen LogP contribution in [0.2, 0.25) is 0 Å². The number of aliphatic carboxylic acids is 4. The molecule has 0 unspecified atom stereocenters. The van der Waals surface area contributed by atoms with Crippen LogP contribution >= 0.6 is 0 Å². The molecule has 0 aliphatic rings. The lowest BCUT2D eigenvalue weighted by Gasteiger charge is -1.88. The summed E-state index contributed by atoms with van der Waals surface area (Å²) < 4.78 is 0. The predicted octanol–water partition coefficient (Wildman–Crippen LogP) is -1.38. The Balaban J connectivity index is 0. The minimum Gasteiger partial charge on any atom is -0.481 e. The molecule has 0 fully saturated rings. The summed E-state index contributed by atoms with van der Waals surface area (Å²) in [5.41, 5.74) is 0. The van der Waals surface area contributed by atoms with Gasteiger partial charge in [0.05, 0.1) is 6.42 Å². The van der Waals surface area contributed by atoms with Crippen LogP contribution in [-0.2, 0) is 28.8 Å². The third kappa shape index (κ3) is 13.2. The van der Waals surface area contributed by atoms with Crippen molar-refractivity contribution in [2.24, 2.45) is 0 Å². The third-order valence-electron chi connectivity index (χ3n) is 1.35. The molecule has 0 aromatic rings. The van der Waals surface area contributed by atoms with E-state index in [1.807, 2.05) is 0 Å². The van der Waals surface area contributed by atoms with Crippen molar-refractivity contribution in [1.82, 2.24) is 0 Å². The molecular weight excluding hydrogens is 268 g/mol. The smallest absolute Gasteiger partial charge is 0.372 e. The molecule has 0 aliphatic heterocycles. The van der Waals surface area contributed by atoms with Crippen molar-refractivity contribution < 1.29 is 49.2 Å². The summed E-state index contributed by atoms with van der Waals surface area (Å²) in [5.74, 6) is -8.26. The molecule has 0 aromatic carbocycles. The van der Waals surface area contributed by atoms with E-state index in [2.05, 4.69) is 0 Å². The first-order chi connectivity index (χ1) is 8.57. The number of hydrogen-bond acceptors (Lipinski definition) is 6. The second-order valence-corrected chi connectivity index (χ2v) is 2.92. The maximum atomic E-state index is 10.2. The van der Waals surface area contributed by atoms with Gasteiger partial charge in [0.15, 0.2) is 0 Å². The number of Topliss-reactive ketones (excluding diaryl/α,β-unsaturated/α-hetero) is 2. The van der Waals surface area contributed by atoms with Gasteiger partial charge < -0.3 is 20.4 Å². The first kappa shape index (κ1) is 18.6. The summed E-state index contributed by atoms with van der Waals surface area (Å²) in [6, 6.07) is 0. The molecule has 0 aliphatic carbocycles. The van der Waals surface area contributed by atoms with E-state index in [1.54, 1.807) is 0 Å². The number of hydrogen-bond donors (Lipinski definition) is 4. The lowest BCUT2D eigenvalue weighted by molar-refractivity contribution is -0.152. The van der Waals surface area contributed by atoms with Gasteiger partial charge in [0.1, 0.15) is 6.42 Å². The number of carbonyl (C=O) groups is 6. The molecule has 19 heavy (non-hydrogen) atoms. The molecule has 0 heterocycles. The Hall–Kier alpha value is -2.78. The Labute approximate surface area is 105 Å². The number of carbonyl (C=O) groups excluding carboxylic acids is 2. The van der Waals surface area contributed by atoms with Gasteiger partial charge in [-0.05, 0) is 0 Å². The molecule has 0 amide bonds. The highest BCUT2D eigenvalue weighted by Crippen LogP contribution is 1.90. The Morgan fingerprint density at radius 2 is 1.00 bits per heavy atom. The zero-order valence-electron chi connectivity index (χ0n) is 9.36. The monoisotopic (exact) mass is 278 g/mol. The van der Waals surface area contributed by atoms with E-state index in [0.29, 0.717) is 0 Å². The molecular formula is C9H10O10. The standard InChI is InChI=1S/C5H6O5.C4H4O5/c6-3(5(9)10)1-2-4(7)8;5-2(4(8)9)1-3(6)7/h1-2H2,(H,7,8)(H,9,10);1H2,(H,6,7)(H,8,9). The van der Waals surface area contributed by atoms with E-state index in [1.165, 1.54) is 0 Å². The topological polar surface area (TPSA) is 183 Å². The van der Waals surface area contributed by atoms with Crippen LogP contribution in [0, 0.1) is 0 Å². The van der Waals surface area contributed by atoms with Crippen molar-refractivity contribution >= 4 is 35.4 Å². The largest absolute Gasteiger partial charge is 0.481 e. The van der Waals surface area contributed by atoms with Crippen LogP contribution in [0.25, 0.3) is 0 Å². The van der Waals surface area contributed by atoms with Crippen molar-refractivity contribution in [1.29, 1.82) is 0 Å². The molecule has 10 heteroatoms. The Morgan fingerprint density at radius 1 is 0.579 bits per heavy atom. The van der Waals surface area contributed by atoms with Crippen molar-refractivity contribution in [2.75, 3.05) is 0 Å². The molecule has 0 atom stereocenters. The van der Waals surface area contributed by atoms with Crippen LogP contribution in [-0.4, -0.2) is 55.9 Å². The summed E-state index contributed by atoms with van der Waals surface area (Å²) in [7, 11) is 0. The van der Waals surface area contributed by atoms with Crippen molar-refractivity contribution in [3.05, 3.63) is 0 Å². The summed E-state index contributed by atoms with van der Waals surface area (Å²) in [6.45, 7) is 0. The molecule has 0 saturated carbocycles. The highest BCUT2D eigenvalue weighted by molar-refractivity contribution is 6.35.